The molecule has 158 valence electrons. The molecule has 0 spiro atoms. The van der Waals surface area contributed by atoms with Crippen molar-refractivity contribution >= 4 is 40.8 Å². The molecule has 29 heavy (non-hydrogen) atoms. The first-order chi connectivity index (χ1) is 13.6. The van der Waals surface area contributed by atoms with E-state index in [2.05, 4.69) is 20.5 Å². The molecule has 0 saturated heterocycles. The van der Waals surface area contributed by atoms with E-state index >= 15 is 0 Å². The number of benzene rings is 1. The topological polar surface area (TPSA) is 68.6 Å². The quantitative estimate of drug-likeness (QED) is 0.243. The Bertz CT molecular complexity index is 907. The van der Waals surface area contributed by atoms with Crippen LogP contribution in [0.4, 0.5) is 4.39 Å². The number of aliphatic imine (C=N–C) groups is 1. The summed E-state index contributed by atoms with van der Waals surface area (Å²) in [7, 11) is 4.03. The Kier molecular flexibility index (Phi) is 8.97. The summed E-state index contributed by atoms with van der Waals surface area (Å²) >= 11 is 0. The normalized spacial score (nSPS) is 12.8. The maximum absolute atomic E-state index is 13.5. The minimum Gasteiger partial charge on any atom is -0.468 e. The highest BCUT2D eigenvalue weighted by molar-refractivity contribution is 14.0. The van der Waals surface area contributed by atoms with Gasteiger partial charge in [-0.05, 0) is 63.3 Å². The monoisotopic (exact) mass is 513 g/mol. The third-order valence-corrected chi connectivity index (χ3v) is 4.68. The number of hydrogen-bond acceptors (Lipinski definition) is 3. The van der Waals surface area contributed by atoms with E-state index in [4.69, 9.17) is 9.41 Å². The lowest BCUT2D eigenvalue weighted by molar-refractivity contribution is 0.265. The summed E-state index contributed by atoms with van der Waals surface area (Å²) in [6.07, 6.45) is 4.39. The summed E-state index contributed by atoms with van der Waals surface area (Å²) in [5.74, 6) is 1.43. The Balaban J connectivity index is 0.00000300. The SMILES string of the molecule is CCNC(=NCC(c1ccco1)N(C)C)NCCc1c[nH]c2ccc(F)cc12.I. The predicted octanol–water partition coefficient (Wildman–Crippen LogP) is 3.92. The second-order valence-electron chi connectivity index (χ2n) is 6.90. The van der Waals surface area contributed by atoms with Gasteiger partial charge < -0.3 is 20.0 Å². The minimum atomic E-state index is -0.219. The maximum Gasteiger partial charge on any atom is 0.191 e. The van der Waals surface area contributed by atoms with Crippen LogP contribution in [0, 0.1) is 5.82 Å². The molecule has 0 fully saturated rings. The minimum absolute atomic E-state index is 0. The van der Waals surface area contributed by atoms with Crippen LogP contribution in [0.5, 0.6) is 0 Å². The van der Waals surface area contributed by atoms with Gasteiger partial charge in [0.15, 0.2) is 5.96 Å². The maximum atomic E-state index is 13.5. The molecule has 1 unspecified atom stereocenters. The Morgan fingerprint density at radius 3 is 2.79 bits per heavy atom. The lowest BCUT2D eigenvalue weighted by Crippen LogP contribution is -2.39. The van der Waals surface area contributed by atoms with Gasteiger partial charge >= 0.3 is 0 Å². The van der Waals surface area contributed by atoms with E-state index in [-0.39, 0.29) is 35.8 Å². The second kappa shape index (κ2) is 11.2. The lowest BCUT2D eigenvalue weighted by atomic mass is 10.1. The number of rotatable bonds is 8. The lowest BCUT2D eigenvalue weighted by Gasteiger charge is -2.21. The fourth-order valence-electron chi connectivity index (χ4n) is 3.18. The van der Waals surface area contributed by atoms with Gasteiger partial charge in [0.2, 0.25) is 0 Å². The molecule has 3 rings (SSSR count). The number of nitrogens with one attached hydrogen (secondary N) is 3. The van der Waals surface area contributed by atoms with Crippen LogP contribution >= 0.6 is 24.0 Å². The number of guanidine groups is 1. The largest absolute Gasteiger partial charge is 0.468 e. The van der Waals surface area contributed by atoms with Crippen molar-refractivity contribution in [1.29, 1.82) is 0 Å². The van der Waals surface area contributed by atoms with Crippen molar-refractivity contribution in [1.82, 2.24) is 20.5 Å². The van der Waals surface area contributed by atoms with Crippen LogP contribution < -0.4 is 10.6 Å². The van der Waals surface area contributed by atoms with E-state index in [1.54, 1.807) is 18.4 Å². The summed E-state index contributed by atoms with van der Waals surface area (Å²) in [6.45, 7) is 4.09. The van der Waals surface area contributed by atoms with E-state index in [9.17, 15) is 4.39 Å². The van der Waals surface area contributed by atoms with Crippen molar-refractivity contribution in [3.63, 3.8) is 0 Å². The molecule has 0 aliphatic rings. The number of fused-ring (bicyclic) bond motifs is 1. The van der Waals surface area contributed by atoms with E-state index in [0.29, 0.717) is 13.1 Å². The van der Waals surface area contributed by atoms with E-state index in [1.165, 1.54) is 6.07 Å². The Morgan fingerprint density at radius 2 is 2.10 bits per heavy atom. The summed E-state index contributed by atoms with van der Waals surface area (Å²) in [4.78, 5) is 9.99. The molecule has 2 aromatic heterocycles. The third kappa shape index (κ3) is 6.20. The first-order valence-electron chi connectivity index (χ1n) is 9.56. The van der Waals surface area contributed by atoms with Gasteiger partial charge in [0.1, 0.15) is 11.6 Å². The van der Waals surface area contributed by atoms with Gasteiger partial charge in [-0.1, -0.05) is 0 Å². The molecule has 2 heterocycles. The highest BCUT2D eigenvalue weighted by Gasteiger charge is 2.16. The molecule has 1 aromatic carbocycles. The van der Waals surface area contributed by atoms with Crippen LogP contribution in [0.1, 0.15) is 24.3 Å². The Hall–Kier alpha value is -2.07. The predicted molar refractivity (Wildman–Crippen MR) is 126 cm³/mol. The number of likely N-dealkylation sites (N-methyl/N-ethyl adjacent to an activating group) is 1. The summed E-state index contributed by atoms with van der Waals surface area (Å²) in [5, 5.41) is 7.56. The molecule has 0 aliphatic carbocycles. The number of halogens is 2. The molecule has 1 atom stereocenters. The summed E-state index contributed by atoms with van der Waals surface area (Å²) in [6, 6.07) is 8.74. The zero-order valence-corrected chi connectivity index (χ0v) is 19.4. The zero-order chi connectivity index (χ0) is 19.9. The Morgan fingerprint density at radius 1 is 1.28 bits per heavy atom. The van der Waals surface area contributed by atoms with Crippen LogP contribution in [0.15, 0.2) is 52.2 Å². The second-order valence-corrected chi connectivity index (χ2v) is 6.90. The van der Waals surface area contributed by atoms with Crippen LogP contribution in [-0.2, 0) is 6.42 Å². The van der Waals surface area contributed by atoms with E-state index in [1.807, 2.05) is 39.3 Å². The van der Waals surface area contributed by atoms with Gasteiger partial charge in [-0.2, -0.15) is 0 Å². The molecule has 8 heteroatoms. The van der Waals surface area contributed by atoms with Crippen LogP contribution in [0.2, 0.25) is 0 Å². The molecule has 0 aliphatic heterocycles. The molecule has 0 saturated carbocycles. The van der Waals surface area contributed by atoms with Gasteiger partial charge in [0.05, 0.1) is 18.8 Å². The number of hydrogen-bond donors (Lipinski definition) is 3. The first kappa shape index (κ1) is 23.2. The standard InChI is InChI=1S/C21H28FN5O.HI/c1-4-23-21(26-14-19(27(2)3)20-6-5-11-28-20)24-10-9-15-13-25-18-8-7-16(22)12-17(15)18;/h5-8,11-13,19,25H,4,9-10,14H2,1-3H3,(H2,23,24,26);1H. The Labute approximate surface area is 188 Å². The highest BCUT2D eigenvalue weighted by Crippen LogP contribution is 2.20. The van der Waals surface area contributed by atoms with E-state index in [0.717, 1.165) is 41.2 Å². The number of nitrogens with zero attached hydrogens (tertiary/aromatic N) is 2. The van der Waals surface area contributed by atoms with Crippen molar-refractivity contribution in [2.24, 2.45) is 4.99 Å². The van der Waals surface area contributed by atoms with Gasteiger partial charge in [0, 0.05) is 30.2 Å². The van der Waals surface area contributed by atoms with Crippen molar-refractivity contribution in [2.45, 2.75) is 19.4 Å². The average Bonchev–Trinajstić information content (AvgIpc) is 3.32. The highest BCUT2D eigenvalue weighted by atomic mass is 127. The molecule has 6 nitrogen and oxygen atoms in total. The number of aromatic amines is 1. The van der Waals surface area contributed by atoms with Crippen LogP contribution in [-0.4, -0.2) is 49.6 Å². The molecule has 3 aromatic rings. The number of aromatic nitrogens is 1. The van der Waals surface area contributed by atoms with Gasteiger partial charge in [-0.25, -0.2) is 4.39 Å². The van der Waals surface area contributed by atoms with Crippen molar-refractivity contribution in [2.75, 3.05) is 33.7 Å². The number of H-pyrrole nitrogens is 1. The van der Waals surface area contributed by atoms with Gasteiger partial charge in [0.25, 0.3) is 0 Å². The molecule has 0 radical (unpaired) electrons. The molecule has 3 N–H and O–H groups in total. The van der Waals surface area contributed by atoms with Crippen LogP contribution in [0.3, 0.4) is 0 Å². The smallest absolute Gasteiger partial charge is 0.191 e. The molecule has 0 bridgehead atoms. The average molecular weight is 513 g/mol. The van der Waals surface area contributed by atoms with E-state index < -0.39 is 0 Å². The van der Waals surface area contributed by atoms with Crippen molar-refractivity contribution in [3.8, 4) is 0 Å². The first-order valence-corrected chi connectivity index (χ1v) is 9.56. The molecular formula is C21H29FIN5O. The zero-order valence-electron chi connectivity index (χ0n) is 17.0. The van der Waals surface area contributed by atoms with Crippen molar-refractivity contribution in [3.05, 3.63) is 59.9 Å². The number of furan rings is 1. The third-order valence-electron chi connectivity index (χ3n) is 4.68. The fraction of sp³-hybridized carbons (Fsp3) is 0.381. The molecule has 0 amide bonds. The van der Waals surface area contributed by atoms with Crippen molar-refractivity contribution < 1.29 is 8.81 Å². The van der Waals surface area contributed by atoms with Gasteiger partial charge in [-0.3, -0.25) is 9.89 Å². The van der Waals surface area contributed by atoms with Crippen LogP contribution in [0.25, 0.3) is 10.9 Å². The summed E-state index contributed by atoms with van der Waals surface area (Å²) in [5.41, 5.74) is 2.03. The fourth-order valence-corrected chi connectivity index (χ4v) is 3.18. The molecular weight excluding hydrogens is 484 g/mol. The van der Waals surface area contributed by atoms with Gasteiger partial charge in [-0.15, -0.1) is 24.0 Å². The summed E-state index contributed by atoms with van der Waals surface area (Å²) < 4.78 is 19.1.